The molecule has 5 heteroatoms. The Hall–Kier alpha value is -1.90. The van der Waals surface area contributed by atoms with Gasteiger partial charge in [0.15, 0.2) is 0 Å². The number of nitrogens with zero attached hydrogens (tertiary/aromatic N) is 2. The second kappa shape index (κ2) is 7.63. The second-order valence-electron chi connectivity index (χ2n) is 4.79. The molecule has 1 N–H and O–H groups in total. The van der Waals surface area contributed by atoms with E-state index in [2.05, 4.69) is 11.4 Å². The summed E-state index contributed by atoms with van der Waals surface area (Å²) in [5.74, 6) is -0.0379. The minimum Gasteiger partial charge on any atom is -0.375 e. The molecule has 0 aliphatic carbocycles. The smallest absolute Gasteiger partial charge is 0.226 e. The van der Waals surface area contributed by atoms with Crippen LogP contribution in [-0.4, -0.2) is 43.2 Å². The van der Waals surface area contributed by atoms with Gasteiger partial charge < -0.3 is 15.0 Å². The first-order chi connectivity index (χ1) is 9.79. The third-order valence-electron chi connectivity index (χ3n) is 3.24. The molecule has 2 rings (SSSR count). The molecule has 1 fully saturated rings. The Bertz CT molecular complexity index is 464. The minimum absolute atomic E-state index is 0.0379. The highest BCUT2D eigenvalue weighted by molar-refractivity contribution is 5.77. The van der Waals surface area contributed by atoms with E-state index in [0.717, 1.165) is 12.1 Å². The molecule has 1 amide bonds. The van der Waals surface area contributed by atoms with Gasteiger partial charge in [-0.15, -0.1) is 0 Å². The van der Waals surface area contributed by atoms with E-state index in [9.17, 15) is 4.79 Å². The number of nitriles is 1. The van der Waals surface area contributed by atoms with Crippen LogP contribution < -0.4 is 5.32 Å². The maximum absolute atomic E-state index is 12.3. The average Bonchev–Trinajstić information content (AvgIpc) is 2.49. The summed E-state index contributed by atoms with van der Waals surface area (Å²) in [4.78, 5) is 13.8. The topological polar surface area (TPSA) is 65.4 Å². The van der Waals surface area contributed by atoms with Gasteiger partial charge in [-0.25, -0.2) is 0 Å². The Labute approximate surface area is 119 Å². The van der Waals surface area contributed by atoms with Gasteiger partial charge in [-0.05, 0) is 5.56 Å². The number of amides is 1. The number of nitrogens with one attached hydrogen (secondary N) is 1. The molecule has 1 saturated heterocycles. The minimum atomic E-state index is -0.0896. The predicted octanol–water partition coefficient (Wildman–Crippen LogP) is 0.917. The summed E-state index contributed by atoms with van der Waals surface area (Å²) < 4.78 is 5.53. The molecule has 1 unspecified atom stereocenters. The van der Waals surface area contributed by atoms with Crippen molar-refractivity contribution in [2.45, 2.75) is 19.1 Å². The van der Waals surface area contributed by atoms with Gasteiger partial charge in [0.2, 0.25) is 5.91 Å². The summed E-state index contributed by atoms with van der Waals surface area (Å²) in [5.41, 5.74) is 1.03. The van der Waals surface area contributed by atoms with Gasteiger partial charge in [0.05, 0.1) is 25.2 Å². The predicted molar refractivity (Wildman–Crippen MR) is 74.7 cm³/mol. The van der Waals surface area contributed by atoms with Crippen LogP contribution >= 0.6 is 0 Å². The van der Waals surface area contributed by atoms with Gasteiger partial charge in [-0.2, -0.15) is 5.26 Å². The third-order valence-corrected chi connectivity index (χ3v) is 3.24. The lowest BCUT2D eigenvalue weighted by atomic mass is 10.1. The molecule has 0 aromatic heterocycles. The first-order valence-corrected chi connectivity index (χ1v) is 6.80. The van der Waals surface area contributed by atoms with Crippen molar-refractivity contribution in [3.63, 3.8) is 0 Å². The highest BCUT2D eigenvalue weighted by Gasteiger charge is 2.21. The third kappa shape index (κ3) is 4.34. The fraction of sp³-hybridized carbons (Fsp3) is 0.467. The molecule has 5 nitrogen and oxygen atoms in total. The molecular formula is C15H19N3O2. The molecular weight excluding hydrogens is 254 g/mol. The molecule has 1 aromatic rings. The summed E-state index contributed by atoms with van der Waals surface area (Å²) in [7, 11) is 0. The number of rotatable bonds is 5. The lowest BCUT2D eigenvalue weighted by Gasteiger charge is -2.26. The fourth-order valence-electron chi connectivity index (χ4n) is 2.20. The van der Waals surface area contributed by atoms with E-state index in [-0.39, 0.29) is 18.6 Å². The molecule has 106 valence electrons. The Balaban J connectivity index is 1.93. The fourth-order valence-corrected chi connectivity index (χ4v) is 2.20. The van der Waals surface area contributed by atoms with E-state index >= 15 is 0 Å². The molecule has 1 aliphatic rings. The van der Waals surface area contributed by atoms with Crippen LogP contribution in [0.25, 0.3) is 0 Å². The molecule has 0 bridgehead atoms. The average molecular weight is 273 g/mol. The van der Waals surface area contributed by atoms with Crippen LogP contribution in [0.3, 0.4) is 0 Å². The standard InChI is InChI=1S/C15H19N3O2/c16-6-8-18(12-13-4-2-1-3-5-13)15(19)10-14-11-17-7-9-20-14/h1-5,14,17H,7-12H2. The Morgan fingerprint density at radius 3 is 2.90 bits per heavy atom. The van der Waals surface area contributed by atoms with E-state index in [4.69, 9.17) is 10.00 Å². The first kappa shape index (κ1) is 14.5. The van der Waals surface area contributed by atoms with Crippen LogP contribution in [-0.2, 0) is 16.1 Å². The van der Waals surface area contributed by atoms with Gasteiger partial charge in [0, 0.05) is 19.6 Å². The van der Waals surface area contributed by atoms with Gasteiger partial charge in [0.25, 0.3) is 0 Å². The molecule has 0 radical (unpaired) electrons. The largest absolute Gasteiger partial charge is 0.375 e. The van der Waals surface area contributed by atoms with Crippen molar-refractivity contribution in [3.05, 3.63) is 35.9 Å². The quantitative estimate of drug-likeness (QED) is 0.810. The molecule has 1 aromatic carbocycles. The SMILES string of the molecule is N#CCN(Cc1ccccc1)C(=O)CC1CNCCO1. The van der Waals surface area contributed by atoms with E-state index < -0.39 is 0 Å². The molecule has 0 spiro atoms. The highest BCUT2D eigenvalue weighted by Crippen LogP contribution is 2.09. The first-order valence-electron chi connectivity index (χ1n) is 6.80. The van der Waals surface area contributed by atoms with Crippen molar-refractivity contribution in [2.75, 3.05) is 26.2 Å². The van der Waals surface area contributed by atoms with Gasteiger partial charge in [-0.3, -0.25) is 4.79 Å². The van der Waals surface area contributed by atoms with Crippen molar-refractivity contribution in [3.8, 4) is 6.07 Å². The zero-order valence-electron chi connectivity index (χ0n) is 11.4. The summed E-state index contributed by atoms with van der Waals surface area (Å²) in [5, 5.41) is 12.1. The zero-order chi connectivity index (χ0) is 14.2. The Morgan fingerprint density at radius 1 is 1.45 bits per heavy atom. The lowest BCUT2D eigenvalue weighted by molar-refractivity contribution is -0.134. The molecule has 1 heterocycles. The monoisotopic (exact) mass is 273 g/mol. The molecule has 20 heavy (non-hydrogen) atoms. The number of carbonyl (C=O) groups excluding carboxylic acids is 1. The van der Waals surface area contributed by atoms with Crippen LogP contribution in [0.5, 0.6) is 0 Å². The van der Waals surface area contributed by atoms with Crippen LogP contribution in [0.15, 0.2) is 30.3 Å². The summed E-state index contributed by atoms with van der Waals surface area (Å²) in [6.45, 7) is 2.73. The number of morpholine rings is 1. The van der Waals surface area contributed by atoms with Crippen molar-refractivity contribution < 1.29 is 9.53 Å². The summed E-state index contributed by atoms with van der Waals surface area (Å²) in [6.07, 6.45) is 0.231. The summed E-state index contributed by atoms with van der Waals surface area (Å²) >= 11 is 0. The number of hydrogen-bond acceptors (Lipinski definition) is 4. The normalized spacial score (nSPS) is 18.2. The van der Waals surface area contributed by atoms with Crippen LogP contribution in [0.4, 0.5) is 0 Å². The van der Waals surface area contributed by atoms with Gasteiger partial charge in [0.1, 0.15) is 6.54 Å². The van der Waals surface area contributed by atoms with Crippen molar-refractivity contribution >= 4 is 5.91 Å². The van der Waals surface area contributed by atoms with E-state index in [1.807, 2.05) is 30.3 Å². The lowest BCUT2D eigenvalue weighted by Crippen LogP contribution is -2.42. The molecule has 1 atom stereocenters. The maximum atomic E-state index is 12.3. The Kier molecular flexibility index (Phi) is 5.54. The zero-order valence-corrected chi connectivity index (χ0v) is 11.4. The van der Waals surface area contributed by atoms with Crippen molar-refractivity contribution in [1.29, 1.82) is 5.26 Å². The second-order valence-corrected chi connectivity index (χ2v) is 4.79. The summed E-state index contributed by atoms with van der Waals surface area (Å²) in [6, 6.07) is 11.8. The van der Waals surface area contributed by atoms with Crippen LogP contribution in [0, 0.1) is 11.3 Å². The number of ether oxygens (including phenoxy) is 1. The number of hydrogen-bond donors (Lipinski definition) is 1. The van der Waals surface area contributed by atoms with Gasteiger partial charge in [-0.1, -0.05) is 30.3 Å². The van der Waals surface area contributed by atoms with Crippen molar-refractivity contribution in [1.82, 2.24) is 10.2 Å². The number of benzene rings is 1. The van der Waals surface area contributed by atoms with Crippen molar-refractivity contribution in [2.24, 2.45) is 0 Å². The van der Waals surface area contributed by atoms with Crippen LogP contribution in [0.2, 0.25) is 0 Å². The maximum Gasteiger partial charge on any atom is 0.226 e. The van der Waals surface area contributed by atoms with E-state index in [0.29, 0.717) is 26.1 Å². The van der Waals surface area contributed by atoms with E-state index in [1.54, 1.807) is 4.90 Å². The van der Waals surface area contributed by atoms with E-state index in [1.165, 1.54) is 0 Å². The van der Waals surface area contributed by atoms with Gasteiger partial charge >= 0.3 is 0 Å². The van der Waals surface area contributed by atoms with Crippen LogP contribution in [0.1, 0.15) is 12.0 Å². The molecule has 0 saturated carbocycles. The highest BCUT2D eigenvalue weighted by atomic mass is 16.5. The number of carbonyl (C=O) groups is 1. The Morgan fingerprint density at radius 2 is 2.25 bits per heavy atom. The molecule has 1 aliphatic heterocycles.